The molecule has 7 heteroatoms. The summed E-state index contributed by atoms with van der Waals surface area (Å²) in [5.74, 6) is 0. The summed E-state index contributed by atoms with van der Waals surface area (Å²) in [6, 6.07) is 0. The first-order valence-electron chi connectivity index (χ1n) is 5.60. The number of ether oxygens (including phenoxy) is 1. The van der Waals surface area contributed by atoms with Crippen LogP contribution < -0.4 is 5.32 Å². The van der Waals surface area contributed by atoms with Crippen molar-refractivity contribution in [3.05, 3.63) is 12.4 Å². The number of hydrogen-bond donors (Lipinski definition) is 1. The minimum atomic E-state index is -3.15. The highest BCUT2D eigenvalue weighted by molar-refractivity contribution is 7.90. The molecular formula is C10H17N3O3S. The molecule has 17 heavy (non-hydrogen) atoms. The molecule has 2 rings (SSSR count). The Morgan fingerprint density at radius 1 is 1.65 bits per heavy atom. The average molecular weight is 259 g/mol. The van der Waals surface area contributed by atoms with E-state index in [1.54, 1.807) is 10.9 Å². The molecule has 1 aromatic heterocycles. The summed E-state index contributed by atoms with van der Waals surface area (Å²) in [4.78, 5) is 0.264. The summed E-state index contributed by atoms with van der Waals surface area (Å²) in [5.41, 5.74) is 0. The van der Waals surface area contributed by atoms with E-state index in [0.717, 1.165) is 26.1 Å². The van der Waals surface area contributed by atoms with Gasteiger partial charge in [0, 0.05) is 32.1 Å². The Morgan fingerprint density at radius 3 is 3.06 bits per heavy atom. The molecule has 96 valence electrons. The van der Waals surface area contributed by atoms with E-state index < -0.39 is 9.84 Å². The molecule has 1 unspecified atom stereocenters. The third-order valence-electron chi connectivity index (χ3n) is 2.72. The normalized spacial score (nSPS) is 21.6. The zero-order chi connectivity index (χ0) is 12.3. The Kier molecular flexibility index (Phi) is 3.80. The van der Waals surface area contributed by atoms with Crippen LogP contribution in [0.3, 0.4) is 0 Å². The summed E-state index contributed by atoms with van der Waals surface area (Å²) in [5, 5.41) is 7.28. The largest absolute Gasteiger partial charge is 0.376 e. The van der Waals surface area contributed by atoms with Gasteiger partial charge in [-0.1, -0.05) is 0 Å². The van der Waals surface area contributed by atoms with E-state index >= 15 is 0 Å². The van der Waals surface area contributed by atoms with E-state index in [1.807, 2.05) is 0 Å². The number of nitrogens with zero attached hydrogens (tertiary/aromatic N) is 2. The van der Waals surface area contributed by atoms with E-state index in [-0.39, 0.29) is 11.0 Å². The Balaban J connectivity index is 1.89. The lowest BCUT2D eigenvalue weighted by atomic mass is 10.2. The maximum atomic E-state index is 11.3. The van der Waals surface area contributed by atoms with Gasteiger partial charge in [-0.25, -0.2) is 8.42 Å². The lowest BCUT2D eigenvalue weighted by molar-refractivity contribution is 0.0205. The van der Waals surface area contributed by atoms with Crippen LogP contribution in [0.4, 0.5) is 0 Å². The first kappa shape index (κ1) is 12.5. The third kappa shape index (κ3) is 3.52. The molecular weight excluding hydrogens is 242 g/mol. The van der Waals surface area contributed by atoms with Gasteiger partial charge >= 0.3 is 0 Å². The second-order valence-corrected chi connectivity index (χ2v) is 6.21. The van der Waals surface area contributed by atoms with Crippen molar-refractivity contribution < 1.29 is 13.2 Å². The topological polar surface area (TPSA) is 73.2 Å². The number of morpholine rings is 1. The van der Waals surface area contributed by atoms with Crippen molar-refractivity contribution in [3.8, 4) is 0 Å². The number of nitrogens with one attached hydrogen (secondary N) is 1. The van der Waals surface area contributed by atoms with Crippen molar-refractivity contribution in [1.82, 2.24) is 15.1 Å². The van der Waals surface area contributed by atoms with Crippen molar-refractivity contribution in [3.63, 3.8) is 0 Å². The third-order valence-corrected chi connectivity index (χ3v) is 3.79. The van der Waals surface area contributed by atoms with Gasteiger partial charge in [0.05, 0.1) is 18.9 Å². The Labute approximate surface area is 101 Å². The highest BCUT2D eigenvalue weighted by atomic mass is 32.2. The second kappa shape index (κ2) is 5.16. The first-order valence-corrected chi connectivity index (χ1v) is 7.50. The fourth-order valence-electron chi connectivity index (χ4n) is 1.74. The van der Waals surface area contributed by atoms with Gasteiger partial charge < -0.3 is 10.1 Å². The van der Waals surface area contributed by atoms with Crippen molar-refractivity contribution in [2.45, 2.75) is 24.0 Å². The van der Waals surface area contributed by atoms with E-state index in [2.05, 4.69) is 10.4 Å². The molecule has 1 aliphatic rings. The van der Waals surface area contributed by atoms with Crippen LogP contribution in [0.2, 0.25) is 0 Å². The van der Waals surface area contributed by atoms with Crippen LogP contribution >= 0.6 is 0 Å². The monoisotopic (exact) mass is 259 g/mol. The van der Waals surface area contributed by atoms with Crippen LogP contribution in [0.5, 0.6) is 0 Å². The number of rotatable bonds is 4. The van der Waals surface area contributed by atoms with Crippen LogP contribution in [0.1, 0.15) is 6.42 Å². The molecule has 0 radical (unpaired) electrons. The maximum Gasteiger partial charge on any atom is 0.178 e. The van der Waals surface area contributed by atoms with Gasteiger partial charge in [-0.2, -0.15) is 5.10 Å². The zero-order valence-electron chi connectivity index (χ0n) is 9.80. The molecule has 2 heterocycles. The minimum Gasteiger partial charge on any atom is -0.376 e. The molecule has 1 N–H and O–H groups in total. The number of aromatic nitrogens is 2. The highest BCUT2D eigenvalue weighted by Gasteiger charge is 2.14. The quantitative estimate of drug-likeness (QED) is 0.801. The van der Waals surface area contributed by atoms with Gasteiger partial charge in [-0.3, -0.25) is 4.68 Å². The predicted octanol–water partition coefficient (Wildman–Crippen LogP) is -0.335. The van der Waals surface area contributed by atoms with Gasteiger partial charge in [0.2, 0.25) is 0 Å². The van der Waals surface area contributed by atoms with Crippen LogP contribution in [0.15, 0.2) is 17.3 Å². The van der Waals surface area contributed by atoms with Crippen LogP contribution in [0.25, 0.3) is 0 Å². The van der Waals surface area contributed by atoms with Gasteiger partial charge in [0.15, 0.2) is 9.84 Å². The number of sulfone groups is 1. The number of hydrogen-bond acceptors (Lipinski definition) is 5. The zero-order valence-corrected chi connectivity index (χ0v) is 10.6. The molecule has 1 atom stereocenters. The molecule has 0 saturated carbocycles. The van der Waals surface area contributed by atoms with Gasteiger partial charge in [0.25, 0.3) is 0 Å². The summed E-state index contributed by atoms with van der Waals surface area (Å²) in [7, 11) is -3.15. The molecule has 0 aromatic carbocycles. The van der Waals surface area contributed by atoms with E-state index in [1.165, 1.54) is 12.5 Å². The lowest BCUT2D eigenvalue weighted by Crippen LogP contribution is -2.38. The van der Waals surface area contributed by atoms with Gasteiger partial charge in [-0.05, 0) is 6.42 Å². The predicted molar refractivity (Wildman–Crippen MR) is 62.6 cm³/mol. The molecule has 1 aliphatic heterocycles. The Morgan fingerprint density at radius 2 is 2.47 bits per heavy atom. The van der Waals surface area contributed by atoms with E-state index in [0.29, 0.717) is 6.54 Å². The highest BCUT2D eigenvalue weighted by Crippen LogP contribution is 2.08. The fraction of sp³-hybridized carbons (Fsp3) is 0.700. The second-order valence-electron chi connectivity index (χ2n) is 4.20. The smallest absolute Gasteiger partial charge is 0.178 e. The molecule has 1 fully saturated rings. The number of aryl methyl sites for hydroxylation is 1. The molecule has 1 aromatic rings. The standard InChI is InChI=1S/C10H17N3O3S/c1-17(14,15)10-7-12-13(8-10)4-2-9-6-11-3-5-16-9/h7-9,11H,2-6H2,1H3. The SMILES string of the molecule is CS(=O)(=O)c1cnn(CCC2CNCCO2)c1. The van der Waals surface area contributed by atoms with E-state index in [9.17, 15) is 8.42 Å². The van der Waals surface area contributed by atoms with E-state index in [4.69, 9.17) is 4.74 Å². The van der Waals surface area contributed by atoms with Crippen LogP contribution in [-0.4, -0.2) is 50.3 Å². The first-order chi connectivity index (χ1) is 8.05. The van der Waals surface area contributed by atoms with Crippen LogP contribution in [0, 0.1) is 0 Å². The van der Waals surface area contributed by atoms with Crippen molar-refractivity contribution in [1.29, 1.82) is 0 Å². The van der Waals surface area contributed by atoms with Gasteiger partial charge in [0.1, 0.15) is 4.90 Å². The maximum absolute atomic E-state index is 11.3. The fourth-order valence-corrected chi connectivity index (χ4v) is 2.29. The molecule has 1 saturated heterocycles. The summed E-state index contributed by atoms with van der Waals surface area (Å²) >= 11 is 0. The minimum absolute atomic E-state index is 0.189. The lowest BCUT2D eigenvalue weighted by Gasteiger charge is -2.23. The molecule has 6 nitrogen and oxygen atoms in total. The molecule has 0 spiro atoms. The summed E-state index contributed by atoms with van der Waals surface area (Å²) in [6.45, 7) is 3.15. The summed E-state index contributed by atoms with van der Waals surface area (Å²) in [6.07, 6.45) is 5.15. The van der Waals surface area contributed by atoms with Crippen molar-refractivity contribution in [2.24, 2.45) is 0 Å². The van der Waals surface area contributed by atoms with Crippen LogP contribution in [-0.2, 0) is 21.1 Å². The van der Waals surface area contributed by atoms with Crippen molar-refractivity contribution >= 4 is 9.84 Å². The van der Waals surface area contributed by atoms with Gasteiger partial charge in [-0.15, -0.1) is 0 Å². The molecule has 0 aliphatic carbocycles. The average Bonchev–Trinajstić information content (AvgIpc) is 2.76. The Hall–Kier alpha value is -0.920. The van der Waals surface area contributed by atoms with Crippen molar-refractivity contribution in [2.75, 3.05) is 26.0 Å². The molecule has 0 amide bonds. The summed E-state index contributed by atoms with van der Waals surface area (Å²) < 4.78 is 29.7. The molecule has 0 bridgehead atoms. The Bertz CT molecular complexity index is 463.